The molecule has 2 aromatic rings. The van der Waals surface area contributed by atoms with Crippen molar-refractivity contribution in [2.45, 2.75) is 0 Å². The third kappa shape index (κ3) is 0.961. The maximum atomic E-state index is 13.1. The second-order valence-corrected chi connectivity index (χ2v) is 3.48. The van der Waals surface area contributed by atoms with Gasteiger partial charge in [0, 0.05) is 0 Å². The van der Waals surface area contributed by atoms with Gasteiger partial charge in [0.2, 0.25) is 0 Å². The number of anilines is 1. The first-order chi connectivity index (χ1) is 5.70. The molecule has 0 aliphatic rings. The predicted octanol–water partition coefficient (Wildman–Crippen LogP) is 1.89. The van der Waals surface area contributed by atoms with Crippen molar-refractivity contribution in [3.8, 4) is 0 Å². The van der Waals surface area contributed by atoms with Gasteiger partial charge >= 0.3 is 0 Å². The van der Waals surface area contributed by atoms with Crippen LogP contribution < -0.4 is 5.73 Å². The quantitative estimate of drug-likeness (QED) is 0.570. The number of aromatic amines is 1. The molecule has 0 amide bonds. The summed E-state index contributed by atoms with van der Waals surface area (Å²) >= 11 is 1.98. The van der Waals surface area contributed by atoms with E-state index in [2.05, 4.69) is 10.2 Å². The summed E-state index contributed by atoms with van der Waals surface area (Å²) in [6.07, 6.45) is 0. The first-order valence-electron chi connectivity index (χ1n) is 3.27. The summed E-state index contributed by atoms with van der Waals surface area (Å²) in [6, 6.07) is 2.85. The molecular weight excluding hydrogens is 272 g/mol. The molecule has 0 unspecified atom stereocenters. The fraction of sp³-hybridized carbons (Fsp3) is 0. The van der Waals surface area contributed by atoms with Gasteiger partial charge in [-0.25, -0.2) is 4.39 Å². The van der Waals surface area contributed by atoms with E-state index in [4.69, 9.17) is 5.73 Å². The van der Waals surface area contributed by atoms with Crippen LogP contribution in [0.4, 0.5) is 10.1 Å². The van der Waals surface area contributed by atoms with Crippen LogP contribution in [0.1, 0.15) is 0 Å². The van der Waals surface area contributed by atoms with Crippen LogP contribution in [0.5, 0.6) is 0 Å². The van der Waals surface area contributed by atoms with E-state index in [0.29, 0.717) is 20.3 Å². The van der Waals surface area contributed by atoms with Crippen LogP contribution in [0.15, 0.2) is 12.1 Å². The number of nitrogens with two attached hydrogens (primary N) is 1. The van der Waals surface area contributed by atoms with E-state index in [0.717, 1.165) is 0 Å². The van der Waals surface area contributed by atoms with Crippen LogP contribution in [0.3, 0.4) is 0 Å². The topological polar surface area (TPSA) is 54.7 Å². The largest absolute Gasteiger partial charge is 0.397 e. The van der Waals surface area contributed by atoms with Gasteiger partial charge in [-0.15, -0.1) is 0 Å². The molecule has 62 valence electrons. The summed E-state index contributed by atoms with van der Waals surface area (Å²) in [5, 5.41) is 7.02. The van der Waals surface area contributed by atoms with Crippen molar-refractivity contribution < 1.29 is 4.39 Å². The molecule has 0 saturated carbocycles. The second-order valence-electron chi connectivity index (χ2n) is 2.40. The van der Waals surface area contributed by atoms with Crippen molar-refractivity contribution in [2.75, 3.05) is 5.73 Å². The average molecular weight is 277 g/mol. The predicted molar refractivity (Wildman–Crippen MR) is 53.2 cm³/mol. The van der Waals surface area contributed by atoms with E-state index in [1.807, 2.05) is 22.6 Å². The molecule has 1 heterocycles. The number of benzene rings is 1. The normalized spacial score (nSPS) is 10.8. The molecule has 5 heteroatoms. The Morgan fingerprint density at radius 1 is 1.50 bits per heavy atom. The molecule has 3 N–H and O–H groups in total. The molecule has 2 rings (SSSR count). The molecule has 1 aromatic heterocycles. The van der Waals surface area contributed by atoms with Gasteiger partial charge in [0.1, 0.15) is 15.0 Å². The van der Waals surface area contributed by atoms with E-state index in [1.54, 1.807) is 0 Å². The van der Waals surface area contributed by atoms with E-state index >= 15 is 0 Å². The fourth-order valence-electron chi connectivity index (χ4n) is 1.07. The van der Waals surface area contributed by atoms with Gasteiger partial charge < -0.3 is 5.73 Å². The lowest BCUT2D eigenvalue weighted by Crippen LogP contribution is -1.87. The third-order valence-corrected chi connectivity index (χ3v) is 2.42. The van der Waals surface area contributed by atoms with E-state index < -0.39 is 0 Å². The first-order valence-corrected chi connectivity index (χ1v) is 4.35. The Hall–Kier alpha value is -0.850. The monoisotopic (exact) mass is 277 g/mol. The Morgan fingerprint density at radius 3 is 2.92 bits per heavy atom. The highest BCUT2D eigenvalue weighted by molar-refractivity contribution is 14.1. The number of nitrogen functional groups attached to an aromatic ring is 1. The molecule has 1 aromatic carbocycles. The van der Waals surface area contributed by atoms with Crippen molar-refractivity contribution in [1.82, 2.24) is 10.2 Å². The van der Waals surface area contributed by atoms with Gasteiger partial charge in [0.05, 0.1) is 11.1 Å². The van der Waals surface area contributed by atoms with Crippen LogP contribution in [0, 0.1) is 9.52 Å². The SMILES string of the molecule is Nc1ccc(F)c2c(I)[nH]nc12. The third-order valence-electron chi connectivity index (χ3n) is 1.64. The number of nitrogens with one attached hydrogen (secondary N) is 1. The number of aromatic nitrogens is 2. The highest BCUT2D eigenvalue weighted by Crippen LogP contribution is 2.25. The Bertz CT molecular complexity index is 437. The lowest BCUT2D eigenvalue weighted by Gasteiger charge is -1.94. The Morgan fingerprint density at radius 2 is 2.25 bits per heavy atom. The van der Waals surface area contributed by atoms with Crippen molar-refractivity contribution in [3.05, 3.63) is 21.7 Å². The second kappa shape index (κ2) is 2.58. The molecule has 0 spiro atoms. The number of fused-ring (bicyclic) bond motifs is 1. The zero-order chi connectivity index (χ0) is 8.72. The molecule has 0 fully saturated rings. The van der Waals surface area contributed by atoms with Crippen molar-refractivity contribution in [1.29, 1.82) is 0 Å². The molecule has 0 bridgehead atoms. The number of H-pyrrole nitrogens is 1. The molecule has 0 saturated heterocycles. The number of nitrogens with zero attached hydrogens (tertiary/aromatic N) is 1. The van der Waals surface area contributed by atoms with E-state index in [-0.39, 0.29) is 5.82 Å². The highest BCUT2D eigenvalue weighted by Gasteiger charge is 2.09. The molecule has 3 nitrogen and oxygen atoms in total. The van der Waals surface area contributed by atoms with Gasteiger partial charge in [0.25, 0.3) is 0 Å². The van der Waals surface area contributed by atoms with Crippen LogP contribution in [0.2, 0.25) is 0 Å². The smallest absolute Gasteiger partial charge is 0.135 e. The molecule has 0 aliphatic heterocycles. The van der Waals surface area contributed by atoms with E-state index in [9.17, 15) is 4.39 Å². The van der Waals surface area contributed by atoms with Crippen LogP contribution in [-0.4, -0.2) is 10.2 Å². The Kier molecular flexibility index (Phi) is 1.67. The van der Waals surface area contributed by atoms with Crippen LogP contribution >= 0.6 is 22.6 Å². The van der Waals surface area contributed by atoms with E-state index in [1.165, 1.54) is 12.1 Å². The molecule has 0 atom stereocenters. The fourth-order valence-corrected chi connectivity index (χ4v) is 1.71. The molecule has 0 radical (unpaired) electrons. The van der Waals surface area contributed by atoms with Gasteiger partial charge in [-0.2, -0.15) is 5.10 Å². The molecule has 12 heavy (non-hydrogen) atoms. The number of hydrogen-bond acceptors (Lipinski definition) is 2. The number of halogens is 2. The summed E-state index contributed by atoms with van der Waals surface area (Å²) in [6.45, 7) is 0. The maximum absolute atomic E-state index is 13.1. The lowest BCUT2D eigenvalue weighted by molar-refractivity contribution is 0.639. The van der Waals surface area contributed by atoms with Crippen molar-refractivity contribution >= 4 is 39.2 Å². The molecular formula is C7H5FIN3. The van der Waals surface area contributed by atoms with Crippen molar-refractivity contribution in [2.24, 2.45) is 0 Å². The average Bonchev–Trinajstić information content (AvgIpc) is 2.42. The maximum Gasteiger partial charge on any atom is 0.135 e. The van der Waals surface area contributed by atoms with Gasteiger partial charge in [-0.3, -0.25) is 5.10 Å². The van der Waals surface area contributed by atoms with Crippen molar-refractivity contribution in [3.63, 3.8) is 0 Å². The Balaban J connectivity index is 2.98. The zero-order valence-corrected chi connectivity index (χ0v) is 8.09. The summed E-state index contributed by atoms with van der Waals surface area (Å²) in [5.41, 5.74) is 6.58. The van der Waals surface area contributed by atoms with Gasteiger partial charge in [-0.1, -0.05) is 0 Å². The minimum absolute atomic E-state index is 0.294. The summed E-state index contributed by atoms with van der Waals surface area (Å²) in [7, 11) is 0. The summed E-state index contributed by atoms with van der Waals surface area (Å²) < 4.78 is 13.8. The Labute approximate surface area is 81.3 Å². The van der Waals surface area contributed by atoms with Crippen LogP contribution in [-0.2, 0) is 0 Å². The minimum atomic E-state index is -0.294. The minimum Gasteiger partial charge on any atom is -0.397 e. The first kappa shape index (κ1) is 7.78. The standard InChI is InChI=1S/C7H5FIN3/c8-3-1-2-4(10)6-5(3)7(9)12-11-6/h1-2H,10H2,(H,11,12). The summed E-state index contributed by atoms with van der Waals surface area (Å²) in [4.78, 5) is 0. The number of rotatable bonds is 0. The van der Waals surface area contributed by atoms with Gasteiger partial charge in [-0.05, 0) is 34.7 Å². The number of hydrogen-bond donors (Lipinski definition) is 2. The highest BCUT2D eigenvalue weighted by atomic mass is 127. The zero-order valence-electron chi connectivity index (χ0n) is 5.94. The van der Waals surface area contributed by atoms with Crippen LogP contribution in [0.25, 0.3) is 10.9 Å². The summed E-state index contributed by atoms with van der Waals surface area (Å²) in [5.74, 6) is -0.294. The molecule has 0 aliphatic carbocycles. The van der Waals surface area contributed by atoms with Gasteiger partial charge in [0.15, 0.2) is 0 Å². The lowest BCUT2D eigenvalue weighted by atomic mass is 10.2.